The quantitative estimate of drug-likeness (QED) is 0.641. The summed E-state index contributed by atoms with van der Waals surface area (Å²) in [5, 5.41) is 11.6. The van der Waals surface area contributed by atoms with E-state index in [2.05, 4.69) is 28.7 Å². The minimum atomic E-state index is -0.485. The highest BCUT2D eigenvalue weighted by Gasteiger charge is 2.33. The average molecular weight is 364 g/mol. The highest BCUT2D eigenvalue weighted by Crippen LogP contribution is 2.35. The topological polar surface area (TPSA) is 111 Å². The second kappa shape index (κ2) is 7.22. The van der Waals surface area contributed by atoms with Gasteiger partial charge in [0.1, 0.15) is 0 Å². The van der Waals surface area contributed by atoms with Crippen molar-refractivity contribution in [1.82, 2.24) is 9.97 Å². The first-order valence-corrected chi connectivity index (χ1v) is 9.21. The molecule has 2 aliphatic rings. The Morgan fingerprint density at radius 1 is 1.04 bits per heavy atom. The monoisotopic (exact) mass is 364 g/mol. The number of anilines is 3. The largest absolute Gasteiger partial charge is 0.378 e. The molecule has 0 spiro atoms. The molecule has 26 heavy (non-hydrogen) atoms. The van der Waals surface area contributed by atoms with E-state index in [0.717, 1.165) is 19.5 Å². The van der Waals surface area contributed by atoms with Crippen LogP contribution in [0.1, 0.15) is 34.1 Å². The Balaban J connectivity index is 2.01. The predicted octanol–water partition coefficient (Wildman–Crippen LogP) is 2.06. The lowest BCUT2D eigenvalue weighted by Gasteiger charge is -2.37. The molecule has 144 valence electrons. The maximum atomic E-state index is 11.6. The van der Waals surface area contributed by atoms with Crippen LogP contribution >= 0.6 is 0 Å². The van der Waals surface area contributed by atoms with Crippen LogP contribution in [0.2, 0.25) is 0 Å². The Morgan fingerprint density at radius 2 is 1.62 bits per heavy atom. The first-order chi connectivity index (χ1) is 12.2. The van der Waals surface area contributed by atoms with Crippen molar-refractivity contribution in [3.8, 4) is 0 Å². The SMILES string of the molecule is C[C@@H]1C[C@@H](C)CN(c2nc(N)c([N+](=O)[O-])c(N3C[C@@H](C)O[C@@H](C)C3)n2)C1. The maximum absolute atomic E-state index is 11.6. The second-order valence-corrected chi connectivity index (χ2v) is 7.85. The number of piperidine rings is 1. The summed E-state index contributed by atoms with van der Waals surface area (Å²) >= 11 is 0. The van der Waals surface area contributed by atoms with Crippen LogP contribution in [0.15, 0.2) is 0 Å². The van der Waals surface area contributed by atoms with Gasteiger partial charge in [0.2, 0.25) is 17.6 Å². The number of nitrogens with zero attached hydrogens (tertiary/aromatic N) is 5. The van der Waals surface area contributed by atoms with Crippen LogP contribution in [0.3, 0.4) is 0 Å². The zero-order valence-electron chi connectivity index (χ0n) is 15.9. The number of hydrogen-bond donors (Lipinski definition) is 1. The van der Waals surface area contributed by atoms with Gasteiger partial charge in [-0.15, -0.1) is 0 Å². The van der Waals surface area contributed by atoms with Crippen molar-refractivity contribution in [1.29, 1.82) is 0 Å². The van der Waals surface area contributed by atoms with Gasteiger partial charge in [-0.3, -0.25) is 10.1 Å². The van der Waals surface area contributed by atoms with E-state index in [1.54, 1.807) is 0 Å². The molecule has 4 atom stereocenters. The van der Waals surface area contributed by atoms with Gasteiger partial charge in [-0.1, -0.05) is 13.8 Å². The number of hydrogen-bond acceptors (Lipinski definition) is 8. The van der Waals surface area contributed by atoms with E-state index in [0.29, 0.717) is 36.7 Å². The number of rotatable bonds is 3. The van der Waals surface area contributed by atoms with E-state index in [9.17, 15) is 10.1 Å². The van der Waals surface area contributed by atoms with Crippen LogP contribution in [-0.2, 0) is 4.74 Å². The number of nitrogens with two attached hydrogens (primary N) is 1. The highest BCUT2D eigenvalue weighted by atomic mass is 16.6. The van der Waals surface area contributed by atoms with E-state index in [-0.39, 0.29) is 23.7 Å². The zero-order chi connectivity index (χ0) is 19.0. The third kappa shape index (κ3) is 3.82. The number of ether oxygens (including phenoxy) is 1. The lowest BCUT2D eigenvalue weighted by Crippen LogP contribution is -2.46. The maximum Gasteiger partial charge on any atom is 0.353 e. The van der Waals surface area contributed by atoms with Crippen LogP contribution in [0.5, 0.6) is 0 Å². The van der Waals surface area contributed by atoms with E-state index in [1.807, 2.05) is 18.7 Å². The van der Waals surface area contributed by atoms with Crippen molar-refractivity contribution >= 4 is 23.3 Å². The van der Waals surface area contributed by atoms with Gasteiger partial charge in [-0.05, 0) is 32.1 Å². The molecule has 9 nitrogen and oxygen atoms in total. The van der Waals surface area contributed by atoms with Crippen LogP contribution in [-0.4, -0.2) is 53.3 Å². The zero-order valence-corrected chi connectivity index (χ0v) is 15.9. The van der Waals surface area contributed by atoms with Gasteiger partial charge < -0.3 is 20.3 Å². The summed E-state index contributed by atoms with van der Waals surface area (Å²) in [6.07, 6.45) is 1.09. The minimum absolute atomic E-state index is 0.0342. The van der Waals surface area contributed by atoms with Crippen molar-refractivity contribution in [3.05, 3.63) is 10.1 Å². The summed E-state index contributed by atoms with van der Waals surface area (Å²) in [4.78, 5) is 24.0. The lowest BCUT2D eigenvalue weighted by molar-refractivity contribution is -0.383. The second-order valence-electron chi connectivity index (χ2n) is 7.85. The summed E-state index contributed by atoms with van der Waals surface area (Å²) in [7, 11) is 0. The molecule has 0 bridgehead atoms. The molecule has 0 aliphatic carbocycles. The van der Waals surface area contributed by atoms with E-state index < -0.39 is 4.92 Å². The van der Waals surface area contributed by atoms with Crippen LogP contribution in [0.4, 0.5) is 23.3 Å². The van der Waals surface area contributed by atoms with Gasteiger partial charge in [-0.2, -0.15) is 9.97 Å². The molecule has 1 aromatic heterocycles. The first-order valence-electron chi connectivity index (χ1n) is 9.21. The Hall–Kier alpha value is -2.16. The summed E-state index contributed by atoms with van der Waals surface area (Å²) in [5.74, 6) is 1.74. The fourth-order valence-corrected chi connectivity index (χ4v) is 4.16. The molecule has 3 heterocycles. The highest BCUT2D eigenvalue weighted by molar-refractivity contribution is 5.71. The van der Waals surface area contributed by atoms with Crippen LogP contribution in [0.25, 0.3) is 0 Å². The van der Waals surface area contributed by atoms with Crippen molar-refractivity contribution < 1.29 is 9.66 Å². The summed E-state index contributed by atoms with van der Waals surface area (Å²) in [5.41, 5.74) is 5.78. The Morgan fingerprint density at radius 3 is 2.15 bits per heavy atom. The molecule has 0 unspecified atom stereocenters. The molecule has 9 heteroatoms. The van der Waals surface area contributed by atoms with Gasteiger partial charge in [0.25, 0.3) is 0 Å². The predicted molar refractivity (Wildman–Crippen MR) is 100 cm³/mol. The fourth-order valence-electron chi connectivity index (χ4n) is 4.16. The molecule has 2 saturated heterocycles. The molecular formula is C17H28N6O3. The van der Waals surface area contributed by atoms with Crippen molar-refractivity contribution in [2.24, 2.45) is 11.8 Å². The van der Waals surface area contributed by atoms with Gasteiger partial charge in [-0.25, -0.2) is 0 Å². The fraction of sp³-hybridized carbons (Fsp3) is 0.765. The Bertz CT molecular complexity index is 665. The summed E-state index contributed by atoms with van der Waals surface area (Å²) in [6.45, 7) is 11.0. The number of morpholine rings is 1. The van der Waals surface area contributed by atoms with E-state index in [4.69, 9.17) is 10.5 Å². The Kier molecular flexibility index (Phi) is 5.17. The summed E-state index contributed by atoms with van der Waals surface area (Å²) in [6, 6.07) is 0. The van der Waals surface area contributed by atoms with Crippen molar-refractivity contribution in [2.45, 2.75) is 46.3 Å². The van der Waals surface area contributed by atoms with E-state index in [1.165, 1.54) is 0 Å². The molecule has 2 fully saturated rings. The van der Waals surface area contributed by atoms with Gasteiger partial charge in [0, 0.05) is 26.2 Å². The number of nitrogen functional groups attached to an aromatic ring is 1. The molecule has 0 radical (unpaired) electrons. The van der Waals surface area contributed by atoms with Crippen LogP contribution < -0.4 is 15.5 Å². The van der Waals surface area contributed by atoms with Gasteiger partial charge >= 0.3 is 5.69 Å². The number of nitro groups is 1. The molecule has 2 N–H and O–H groups in total. The van der Waals surface area contributed by atoms with Crippen LogP contribution in [0, 0.1) is 22.0 Å². The standard InChI is InChI=1S/C17H28N6O3/c1-10-5-11(2)7-22(6-10)17-19-15(18)14(23(24)25)16(20-17)21-8-12(3)26-13(4)9-21/h10-13H,5-9H2,1-4H3,(H2,18,19,20)/t10-,11-,12-,13+/m1/s1. The van der Waals surface area contributed by atoms with Crippen molar-refractivity contribution in [2.75, 3.05) is 41.7 Å². The first kappa shape index (κ1) is 18.6. The lowest BCUT2D eigenvalue weighted by atomic mass is 9.92. The minimum Gasteiger partial charge on any atom is -0.378 e. The third-order valence-corrected chi connectivity index (χ3v) is 4.93. The molecule has 0 amide bonds. The summed E-state index contributed by atoms with van der Waals surface area (Å²) < 4.78 is 5.75. The van der Waals surface area contributed by atoms with Crippen molar-refractivity contribution in [3.63, 3.8) is 0 Å². The molecule has 3 rings (SSSR count). The smallest absolute Gasteiger partial charge is 0.353 e. The van der Waals surface area contributed by atoms with E-state index >= 15 is 0 Å². The number of aromatic nitrogens is 2. The normalized spacial score (nSPS) is 29.7. The molecule has 1 aromatic rings. The average Bonchev–Trinajstić information content (AvgIpc) is 2.51. The Labute approximate surface area is 153 Å². The molecule has 0 saturated carbocycles. The molecule has 2 aliphatic heterocycles. The third-order valence-electron chi connectivity index (χ3n) is 4.93. The molecule has 0 aromatic carbocycles. The van der Waals surface area contributed by atoms with Gasteiger partial charge in [0.05, 0.1) is 17.1 Å². The van der Waals surface area contributed by atoms with Gasteiger partial charge in [0.15, 0.2) is 0 Å². The molecular weight excluding hydrogens is 336 g/mol.